The second-order valence-corrected chi connectivity index (χ2v) is 27.0. The molecule has 0 rings (SSSR count). The standard InChI is InChI=1S/C78H138NO8P/c1-6-8-10-12-14-16-18-20-22-24-26-28-30-32-34-35-36-37-38-39-40-41-42-43-45-46-48-50-52-54-56-58-60-62-64-66-68-70-77(80)84-74-76(75-86-88(82,83)85-73-72-79(3,4)5)87-78(81)71-69-67-65-63-61-59-57-55-53-51-49-47-44-33-31-29-27-25-23-21-19-17-15-13-11-9-7-2/h9,11,15,17-18,20-21,23-24,26-27,29,33,44,49,51,55,57,76H,6-8,10,12-14,16,19,22,25,28,30-32,34-43,45-48,50,52-54,56,58-75H2,1-5H3/b11-9-,17-15-,20-18-,23-21-,26-24-,29-27-,44-33-,51-49-,57-55-. The van der Waals surface area contributed by atoms with Crippen molar-refractivity contribution in [2.45, 2.75) is 328 Å². The van der Waals surface area contributed by atoms with Crippen molar-refractivity contribution in [3.63, 3.8) is 0 Å². The molecular weight excluding hydrogens is 1110 g/mol. The fourth-order valence-electron chi connectivity index (χ4n) is 10.2. The van der Waals surface area contributed by atoms with Gasteiger partial charge >= 0.3 is 11.9 Å². The summed E-state index contributed by atoms with van der Waals surface area (Å²) in [5, 5.41) is 0. The second-order valence-electron chi connectivity index (χ2n) is 25.6. The van der Waals surface area contributed by atoms with Crippen LogP contribution in [0, 0.1) is 0 Å². The van der Waals surface area contributed by atoms with Gasteiger partial charge in [0.2, 0.25) is 0 Å². The Kier molecular flexibility index (Phi) is 65.5. The predicted octanol–water partition coefficient (Wildman–Crippen LogP) is 23.4. The molecule has 0 aromatic heterocycles. The number of hydrogen-bond acceptors (Lipinski definition) is 8. The van der Waals surface area contributed by atoms with Gasteiger partial charge in [-0.3, -0.25) is 14.2 Å². The van der Waals surface area contributed by atoms with Crippen LogP contribution in [0.3, 0.4) is 0 Å². The van der Waals surface area contributed by atoms with Crippen LogP contribution in [-0.4, -0.2) is 70.0 Å². The quantitative estimate of drug-likeness (QED) is 0.0195. The van der Waals surface area contributed by atoms with Crippen LogP contribution in [0.4, 0.5) is 0 Å². The molecule has 88 heavy (non-hydrogen) atoms. The molecule has 0 fully saturated rings. The summed E-state index contributed by atoms with van der Waals surface area (Å²) >= 11 is 0. The Balaban J connectivity index is 4.02. The number of esters is 2. The number of carbonyl (C=O) groups excluding carboxylic acids is 2. The van der Waals surface area contributed by atoms with Gasteiger partial charge in [0.05, 0.1) is 27.7 Å². The molecule has 2 atom stereocenters. The van der Waals surface area contributed by atoms with Gasteiger partial charge in [0.1, 0.15) is 19.8 Å². The number of ether oxygens (including phenoxy) is 2. The first-order valence-electron chi connectivity index (χ1n) is 36.6. The molecule has 0 amide bonds. The molecule has 0 aliphatic carbocycles. The van der Waals surface area contributed by atoms with E-state index in [0.717, 1.165) is 103 Å². The van der Waals surface area contributed by atoms with Crippen LogP contribution in [0.2, 0.25) is 0 Å². The minimum absolute atomic E-state index is 0.0389. The number of allylic oxidation sites excluding steroid dienone is 18. The van der Waals surface area contributed by atoms with Gasteiger partial charge in [-0.1, -0.05) is 316 Å². The van der Waals surface area contributed by atoms with Crippen LogP contribution in [0.5, 0.6) is 0 Å². The molecule has 0 radical (unpaired) electrons. The molecule has 0 heterocycles. The summed E-state index contributed by atoms with van der Waals surface area (Å²) in [4.78, 5) is 38.1. The van der Waals surface area contributed by atoms with Gasteiger partial charge in [-0.25, -0.2) is 0 Å². The molecule has 0 aromatic carbocycles. The Bertz CT molecular complexity index is 1850. The molecule has 0 aliphatic heterocycles. The van der Waals surface area contributed by atoms with Crippen LogP contribution < -0.4 is 4.89 Å². The highest BCUT2D eigenvalue weighted by atomic mass is 31.2. The smallest absolute Gasteiger partial charge is 0.306 e. The summed E-state index contributed by atoms with van der Waals surface area (Å²) in [6, 6.07) is 0. The first-order valence-corrected chi connectivity index (χ1v) is 38.1. The number of nitrogens with zero attached hydrogens (tertiary/aromatic N) is 1. The lowest BCUT2D eigenvalue weighted by atomic mass is 10.0. The van der Waals surface area contributed by atoms with Crippen LogP contribution in [0.1, 0.15) is 322 Å². The van der Waals surface area contributed by atoms with Crippen LogP contribution >= 0.6 is 7.82 Å². The summed E-state index contributed by atoms with van der Waals surface area (Å²) in [7, 11) is 1.15. The van der Waals surface area contributed by atoms with Crippen LogP contribution in [-0.2, 0) is 32.7 Å². The Morgan fingerprint density at radius 3 is 0.966 bits per heavy atom. The molecule has 0 N–H and O–H groups in total. The highest BCUT2D eigenvalue weighted by Gasteiger charge is 2.22. The molecule has 0 aliphatic rings. The normalized spacial score (nSPS) is 13.8. The fourth-order valence-corrected chi connectivity index (χ4v) is 10.9. The molecular formula is C78H138NO8P. The average molecular weight is 1250 g/mol. The van der Waals surface area contributed by atoms with Gasteiger partial charge in [-0.2, -0.15) is 0 Å². The number of phosphoric ester groups is 1. The first kappa shape index (κ1) is 84.7. The number of quaternary nitrogens is 1. The van der Waals surface area contributed by atoms with Gasteiger partial charge in [0, 0.05) is 12.8 Å². The van der Waals surface area contributed by atoms with E-state index in [4.69, 9.17) is 18.5 Å². The van der Waals surface area contributed by atoms with E-state index in [1.54, 1.807) is 0 Å². The van der Waals surface area contributed by atoms with Crippen molar-refractivity contribution >= 4 is 19.8 Å². The molecule has 0 bridgehead atoms. The Hall–Kier alpha value is -3.33. The molecule has 508 valence electrons. The average Bonchev–Trinajstić information content (AvgIpc) is 3.60. The first-order chi connectivity index (χ1) is 43.0. The number of unbranched alkanes of at least 4 members (excludes halogenated alkanes) is 35. The van der Waals surface area contributed by atoms with Crippen molar-refractivity contribution < 1.29 is 42.1 Å². The molecule has 2 unspecified atom stereocenters. The van der Waals surface area contributed by atoms with Crippen LogP contribution in [0.25, 0.3) is 0 Å². The highest BCUT2D eigenvalue weighted by Crippen LogP contribution is 2.38. The summed E-state index contributed by atoms with van der Waals surface area (Å²) in [6.45, 7) is 4.12. The van der Waals surface area contributed by atoms with E-state index in [-0.39, 0.29) is 32.0 Å². The third kappa shape index (κ3) is 71.7. The van der Waals surface area contributed by atoms with E-state index in [2.05, 4.69) is 123 Å². The zero-order chi connectivity index (χ0) is 64.1. The maximum atomic E-state index is 12.9. The maximum absolute atomic E-state index is 12.9. The molecule has 9 nitrogen and oxygen atoms in total. The zero-order valence-electron chi connectivity index (χ0n) is 57.9. The minimum atomic E-state index is -4.65. The monoisotopic (exact) mass is 1250 g/mol. The largest absolute Gasteiger partial charge is 0.756 e. The summed E-state index contributed by atoms with van der Waals surface area (Å²) in [6.07, 6.45) is 96.2. The fraction of sp³-hybridized carbons (Fsp3) is 0.744. The Labute approximate surface area is 544 Å². The van der Waals surface area contributed by atoms with Gasteiger partial charge in [-0.15, -0.1) is 0 Å². The third-order valence-electron chi connectivity index (χ3n) is 15.8. The molecule has 10 heteroatoms. The van der Waals surface area contributed by atoms with E-state index < -0.39 is 26.5 Å². The second kappa shape index (κ2) is 68.0. The summed E-state index contributed by atoms with van der Waals surface area (Å²) < 4.78 is 34.3. The topological polar surface area (TPSA) is 111 Å². The van der Waals surface area contributed by atoms with Gasteiger partial charge in [-0.05, 0) is 103 Å². The summed E-state index contributed by atoms with van der Waals surface area (Å²) in [5.41, 5.74) is 0. The van der Waals surface area contributed by atoms with E-state index in [1.807, 2.05) is 21.1 Å². The maximum Gasteiger partial charge on any atom is 0.306 e. The lowest BCUT2D eigenvalue weighted by Gasteiger charge is -2.28. The van der Waals surface area contributed by atoms with E-state index >= 15 is 0 Å². The molecule has 0 spiro atoms. The van der Waals surface area contributed by atoms with Crippen molar-refractivity contribution in [3.05, 3.63) is 109 Å². The van der Waals surface area contributed by atoms with Crippen LogP contribution in [0.15, 0.2) is 109 Å². The third-order valence-corrected chi connectivity index (χ3v) is 16.7. The van der Waals surface area contributed by atoms with E-state index in [1.165, 1.54) is 186 Å². The van der Waals surface area contributed by atoms with Crippen molar-refractivity contribution in [1.82, 2.24) is 0 Å². The van der Waals surface area contributed by atoms with Gasteiger partial charge in [0.25, 0.3) is 7.82 Å². The van der Waals surface area contributed by atoms with Gasteiger partial charge < -0.3 is 27.9 Å². The Morgan fingerprint density at radius 2 is 0.648 bits per heavy atom. The molecule has 0 saturated heterocycles. The van der Waals surface area contributed by atoms with Crippen molar-refractivity contribution in [2.24, 2.45) is 0 Å². The highest BCUT2D eigenvalue weighted by molar-refractivity contribution is 7.45. The van der Waals surface area contributed by atoms with E-state index in [0.29, 0.717) is 17.4 Å². The van der Waals surface area contributed by atoms with Crippen molar-refractivity contribution in [2.75, 3.05) is 47.5 Å². The number of phosphoric acid groups is 1. The lowest BCUT2D eigenvalue weighted by Crippen LogP contribution is -2.37. The zero-order valence-corrected chi connectivity index (χ0v) is 58.8. The van der Waals surface area contributed by atoms with Gasteiger partial charge in [0.15, 0.2) is 6.10 Å². The SMILES string of the molecule is CC/C=C\C/C=C\C/C=C\C/C=C\C/C=C\C/C=C\C/C=C\CCCCCCCC(=O)OC(COC(=O)CCCCCCCCCCCCCCCCCCCCCCCCCCC/C=C\C/C=C\CCCCCCC)COP(=O)([O-])OCC[N+](C)(C)C. The predicted molar refractivity (Wildman–Crippen MR) is 378 cm³/mol. The number of likely N-dealkylation sites (N-methyl/N-ethyl adjacent to an activating group) is 1. The van der Waals surface area contributed by atoms with Crippen molar-refractivity contribution in [1.29, 1.82) is 0 Å². The van der Waals surface area contributed by atoms with Crippen molar-refractivity contribution in [3.8, 4) is 0 Å². The number of carbonyl (C=O) groups is 2. The lowest BCUT2D eigenvalue weighted by molar-refractivity contribution is -0.870. The molecule has 0 aromatic rings. The molecule has 0 saturated carbocycles. The number of rotatable bonds is 67. The minimum Gasteiger partial charge on any atom is -0.756 e. The summed E-state index contributed by atoms with van der Waals surface area (Å²) in [5.74, 6) is -0.850. The van der Waals surface area contributed by atoms with E-state index in [9.17, 15) is 19.0 Å². The number of hydrogen-bond donors (Lipinski definition) is 0. The Morgan fingerprint density at radius 1 is 0.364 bits per heavy atom.